The number of aromatic nitrogens is 3. The molecule has 0 unspecified atom stereocenters. The van der Waals surface area contributed by atoms with Crippen molar-refractivity contribution < 1.29 is 28.2 Å². The largest absolute Gasteiger partial charge is 0.480 e. The fourth-order valence-corrected chi connectivity index (χ4v) is 3.62. The molecule has 0 atom stereocenters. The van der Waals surface area contributed by atoms with E-state index in [4.69, 9.17) is 10.2 Å². The average molecular weight is 357 g/mol. The minimum Gasteiger partial charge on any atom is -0.480 e. The summed E-state index contributed by atoms with van der Waals surface area (Å²) in [6.07, 6.45) is 0. The maximum atomic E-state index is 12.2. The summed E-state index contributed by atoms with van der Waals surface area (Å²) in [5.74, 6) is -2.95. The van der Waals surface area contributed by atoms with Crippen LogP contribution in [-0.2, 0) is 26.7 Å². The van der Waals surface area contributed by atoms with Gasteiger partial charge in [0.05, 0.1) is 0 Å². The normalized spacial score (nSPS) is 11.7. The Morgan fingerprint density at radius 2 is 1.79 bits per heavy atom. The Morgan fingerprint density at radius 3 is 2.11 bits per heavy atom. The molecule has 0 saturated heterocycles. The first-order valence-electron chi connectivity index (χ1n) is 4.65. The molecular formula is C7H9BrN4O6S. The van der Waals surface area contributed by atoms with Gasteiger partial charge in [0.2, 0.25) is 5.03 Å². The van der Waals surface area contributed by atoms with Crippen molar-refractivity contribution in [1.82, 2.24) is 19.3 Å². The Balaban J connectivity index is 3.27. The van der Waals surface area contributed by atoms with Crippen LogP contribution in [0.25, 0.3) is 0 Å². The van der Waals surface area contributed by atoms with Gasteiger partial charge in [-0.25, -0.2) is 13.1 Å². The highest BCUT2D eigenvalue weighted by atomic mass is 79.9. The molecule has 0 aliphatic carbocycles. The number of carboxylic acids is 2. The number of nitrogens with zero attached hydrogens (tertiary/aromatic N) is 4. The van der Waals surface area contributed by atoms with E-state index in [1.54, 1.807) is 0 Å². The van der Waals surface area contributed by atoms with Gasteiger partial charge in [0.15, 0.2) is 4.60 Å². The van der Waals surface area contributed by atoms with Gasteiger partial charge in [-0.2, -0.15) is 4.31 Å². The quantitative estimate of drug-likeness (QED) is 0.642. The second-order valence-corrected chi connectivity index (χ2v) is 5.97. The highest BCUT2D eigenvalue weighted by Gasteiger charge is 2.33. The van der Waals surface area contributed by atoms with Gasteiger partial charge in [-0.15, -0.1) is 5.10 Å². The second-order valence-electron chi connectivity index (χ2n) is 3.37. The van der Waals surface area contributed by atoms with Crippen LogP contribution in [0.3, 0.4) is 0 Å². The summed E-state index contributed by atoms with van der Waals surface area (Å²) >= 11 is 2.86. The van der Waals surface area contributed by atoms with Crippen LogP contribution in [0.15, 0.2) is 9.63 Å². The lowest BCUT2D eigenvalue weighted by atomic mass is 10.6. The summed E-state index contributed by atoms with van der Waals surface area (Å²) in [5, 5.41) is 23.8. The van der Waals surface area contributed by atoms with Crippen molar-refractivity contribution in [3.8, 4) is 0 Å². The van der Waals surface area contributed by atoms with Gasteiger partial charge >= 0.3 is 11.9 Å². The zero-order valence-electron chi connectivity index (χ0n) is 9.52. The van der Waals surface area contributed by atoms with E-state index >= 15 is 0 Å². The van der Waals surface area contributed by atoms with Crippen molar-refractivity contribution in [2.75, 3.05) is 13.1 Å². The number of aryl methyl sites for hydroxylation is 1. The lowest BCUT2D eigenvalue weighted by Gasteiger charge is -2.17. The molecule has 0 fully saturated rings. The minimum absolute atomic E-state index is 0.129. The minimum atomic E-state index is -4.35. The molecule has 1 rings (SSSR count). The van der Waals surface area contributed by atoms with Crippen molar-refractivity contribution in [3.63, 3.8) is 0 Å². The number of hydrogen-bond acceptors (Lipinski definition) is 6. The fraction of sp³-hybridized carbons (Fsp3) is 0.429. The molecule has 0 amide bonds. The number of sulfonamides is 1. The Hall–Kier alpha value is -1.53. The molecule has 1 aromatic heterocycles. The smallest absolute Gasteiger partial charge is 0.318 e. The van der Waals surface area contributed by atoms with Crippen LogP contribution in [0.5, 0.6) is 0 Å². The number of rotatable bonds is 6. The number of aliphatic carboxylic acids is 2. The molecule has 1 heterocycles. The zero-order valence-corrected chi connectivity index (χ0v) is 11.9. The lowest BCUT2D eigenvalue weighted by molar-refractivity contribution is -0.139. The molecule has 2 N–H and O–H groups in total. The summed E-state index contributed by atoms with van der Waals surface area (Å²) in [7, 11) is -3.06. The monoisotopic (exact) mass is 356 g/mol. The molecule has 0 radical (unpaired) electrons. The van der Waals surface area contributed by atoms with Crippen LogP contribution in [0.4, 0.5) is 0 Å². The molecule has 106 valence electrons. The third-order valence-electron chi connectivity index (χ3n) is 1.94. The van der Waals surface area contributed by atoms with E-state index in [0.29, 0.717) is 4.31 Å². The maximum absolute atomic E-state index is 12.2. The first kappa shape index (κ1) is 15.5. The summed E-state index contributed by atoms with van der Waals surface area (Å²) in [6, 6.07) is 0. The molecule has 0 bridgehead atoms. The molecule has 0 aromatic carbocycles. The molecule has 0 saturated carbocycles. The Labute approximate surface area is 115 Å². The van der Waals surface area contributed by atoms with Crippen molar-refractivity contribution in [2.45, 2.75) is 5.03 Å². The van der Waals surface area contributed by atoms with Gasteiger partial charge in [-0.1, -0.05) is 5.21 Å². The van der Waals surface area contributed by atoms with E-state index in [9.17, 15) is 18.0 Å². The van der Waals surface area contributed by atoms with Crippen LogP contribution in [0, 0.1) is 0 Å². The number of carbonyl (C=O) groups is 2. The number of halogens is 1. The molecule has 19 heavy (non-hydrogen) atoms. The van der Waals surface area contributed by atoms with Gasteiger partial charge in [0.1, 0.15) is 13.1 Å². The van der Waals surface area contributed by atoms with Gasteiger partial charge in [0.25, 0.3) is 10.0 Å². The third-order valence-corrected chi connectivity index (χ3v) is 4.63. The fourth-order valence-electron chi connectivity index (χ4n) is 1.25. The van der Waals surface area contributed by atoms with Crippen LogP contribution < -0.4 is 0 Å². The highest BCUT2D eigenvalue weighted by molar-refractivity contribution is 9.10. The van der Waals surface area contributed by atoms with E-state index in [-0.39, 0.29) is 4.60 Å². The first-order valence-corrected chi connectivity index (χ1v) is 6.88. The van der Waals surface area contributed by atoms with Crippen molar-refractivity contribution in [2.24, 2.45) is 7.05 Å². The van der Waals surface area contributed by atoms with E-state index < -0.39 is 40.1 Å². The second kappa shape index (κ2) is 5.63. The molecule has 0 spiro atoms. The molecule has 12 heteroatoms. The van der Waals surface area contributed by atoms with E-state index in [1.165, 1.54) is 7.05 Å². The first-order chi connectivity index (χ1) is 8.66. The van der Waals surface area contributed by atoms with Gasteiger partial charge in [-0.3, -0.25) is 9.59 Å². The predicted octanol–water partition coefficient (Wildman–Crippen LogP) is -1.26. The molecule has 10 nitrogen and oxygen atoms in total. The highest BCUT2D eigenvalue weighted by Crippen LogP contribution is 2.21. The van der Waals surface area contributed by atoms with Crippen molar-refractivity contribution in [1.29, 1.82) is 0 Å². The predicted molar refractivity (Wildman–Crippen MR) is 62.7 cm³/mol. The Morgan fingerprint density at radius 1 is 1.32 bits per heavy atom. The molecule has 0 aliphatic heterocycles. The zero-order chi connectivity index (χ0) is 14.8. The van der Waals surface area contributed by atoms with Crippen LogP contribution in [-0.4, -0.2) is 63.0 Å². The molecule has 0 aliphatic rings. The van der Waals surface area contributed by atoms with E-state index in [1.807, 2.05) is 0 Å². The summed E-state index contributed by atoms with van der Waals surface area (Å²) in [6.45, 7) is -1.96. The van der Waals surface area contributed by atoms with Crippen LogP contribution in [0.1, 0.15) is 0 Å². The third kappa shape index (κ3) is 3.48. The number of carboxylic acid groups (broad SMARTS) is 2. The van der Waals surface area contributed by atoms with Gasteiger partial charge in [-0.05, 0) is 15.9 Å². The Bertz CT molecular complexity index is 576. The maximum Gasteiger partial charge on any atom is 0.318 e. The van der Waals surface area contributed by atoms with Crippen molar-refractivity contribution in [3.05, 3.63) is 4.60 Å². The summed E-state index contributed by atoms with van der Waals surface area (Å²) < 4.78 is 25.4. The van der Waals surface area contributed by atoms with Gasteiger partial charge < -0.3 is 10.2 Å². The summed E-state index contributed by atoms with van der Waals surface area (Å²) in [4.78, 5) is 21.3. The number of hydrogen-bond donors (Lipinski definition) is 2. The molecule has 1 aromatic rings. The Kier molecular flexibility index (Phi) is 4.60. The standard InChI is InChI=1S/C7H9BrN4O6S/c1-11-7(6(8)9-10-11)19(17,18)12(2-4(13)14)3-5(15)16/h2-3H2,1H3,(H,13,14)(H,15,16). The average Bonchev–Trinajstić information content (AvgIpc) is 2.56. The molecular weight excluding hydrogens is 348 g/mol. The van der Waals surface area contributed by atoms with Crippen LogP contribution in [0.2, 0.25) is 0 Å². The topological polar surface area (TPSA) is 143 Å². The van der Waals surface area contributed by atoms with E-state index in [2.05, 4.69) is 26.2 Å². The summed E-state index contributed by atoms with van der Waals surface area (Å²) in [5.41, 5.74) is 0. The lowest BCUT2D eigenvalue weighted by Crippen LogP contribution is -2.40. The SMILES string of the molecule is Cn1nnc(Br)c1S(=O)(=O)N(CC(=O)O)CC(=O)O. The van der Waals surface area contributed by atoms with Gasteiger partial charge in [0, 0.05) is 7.05 Å². The van der Waals surface area contributed by atoms with Crippen molar-refractivity contribution >= 4 is 37.9 Å². The van der Waals surface area contributed by atoms with Crippen LogP contribution >= 0.6 is 15.9 Å². The van der Waals surface area contributed by atoms with E-state index in [0.717, 1.165) is 4.68 Å².